The Morgan fingerprint density at radius 3 is 2.62 bits per heavy atom. The van der Waals surface area contributed by atoms with Crippen LogP contribution >= 0.6 is 0 Å². The summed E-state index contributed by atoms with van der Waals surface area (Å²) in [6, 6.07) is 2.03. The van der Waals surface area contributed by atoms with E-state index in [1.165, 1.54) is 0 Å². The molecular formula is C11H16N4O. The molecule has 2 aromatic heterocycles. The van der Waals surface area contributed by atoms with Crippen molar-refractivity contribution in [2.24, 2.45) is 0 Å². The summed E-state index contributed by atoms with van der Waals surface area (Å²) in [4.78, 5) is 4.32. The number of hydrogen-bond acceptors (Lipinski definition) is 4. The van der Waals surface area contributed by atoms with E-state index in [0.717, 1.165) is 11.4 Å². The number of hydrogen-bond donors (Lipinski definition) is 0. The number of rotatable bonds is 3. The van der Waals surface area contributed by atoms with Gasteiger partial charge in [-0.3, -0.25) is 4.68 Å². The third-order valence-electron chi connectivity index (χ3n) is 2.37. The molecular weight excluding hydrogens is 204 g/mol. The Labute approximate surface area is 94.5 Å². The molecule has 5 heteroatoms. The zero-order valence-electron chi connectivity index (χ0n) is 10.1. The summed E-state index contributed by atoms with van der Waals surface area (Å²) in [6.45, 7) is 8.61. The van der Waals surface area contributed by atoms with Crippen molar-refractivity contribution in [2.45, 2.75) is 40.2 Å². The van der Waals surface area contributed by atoms with E-state index in [2.05, 4.69) is 15.2 Å². The molecule has 0 amide bonds. The highest BCUT2D eigenvalue weighted by Crippen LogP contribution is 2.12. The summed E-state index contributed by atoms with van der Waals surface area (Å²) in [5.41, 5.74) is 2.11. The monoisotopic (exact) mass is 220 g/mol. The van der Waals surface area contributed by atoms with Gasteiger partial charge < -0.3 is 4.52 Å². The molecule has 0 saturated carbocycles. The molecule has 0 N–H and O–H groups in total. The third-order valence-corrected chi connectivity index (χ3v) is 2.37. The number of aromatic nitrogens is 4. The Morgan fingerprint density at radius 1 is 1.38 bits per heavy atom. The zero-order chi connectivity index (χ0) is 11.7. The molecule has 0 atom stereocenters. The van der Waals surface area contributed by atoms with Crippen LogP contribution < -0.4 is 0 Å². The minimum absolute atomic E-state index is 0.265. The molecule has 0 aliphatic carbocycles. The molecule has 2 rings (SSSR count). The smallest absolute Gasteiger partial charge is 0.229 e. The van der Waals surface area contributed by atoms with E-state index in [0.29, 0.717) is 18.3 Å². The van der Waals surface area contributed by atoms with E-state index in [1.807, 2.05) is 38.4 Å². The second kappa shape index (κ2) is 4.08. The van der Waals surface area contributed by atoms with Crippen molar-refractivity contribution >= 4 is 0 Å². The molecule has 0 bridgehead atoms. The maximum absolute atomic E-state index is 5.14. The highest BCUT2D eigenvalue weighted by atomic mass is 16.5. The summed E-state index contributed by atoms with van der Waals surface area (Å²) in [7, 11) is 0. The SMILES string of the molecule is Cc1cc(C)n(Cc2noc(C(C)C)n2)n1. The normalized spacial score (nSPS) is 11.3. The van der Waals surface area contributed by atoms with Gasteiger partial charge in [0.15, 0.2) is 5.82 Å². The van der Waals surface area contributed by atoms with Gasteiger partial charge in [0.2, 0.25) is 5.89 Å². The van der Waals surface area contributed by atoms with Crippen LogP contribution in [0.2, 0.25) is 0 Å². The van der Waals surface area contributed by atoms with E-state index < -0.39 is 0 Å². The van der Waals surface area contributed by atoms with Gasteiger partial charge in [-0.25, -0.2) is 0 Å². The summed E-state index contributed by atoms with van der Waals surface area (Å²) in [6.07, 6.45) is 0. The Morgan fingerprint density at radius 2 is 2.12 bits per heavy atom. The van der Waals surface area contributed by atoms with Gasteiger partial charge in [0, 0.05) is 11.6 Å². The van der Waals surface area contributed by atoms with Crippen molar-refractivity contribution in [3.8, 4) is 0 Å². The third kappa shape index (κ3) is 2.13. The molecule has 0 spiro atoms. The van der Waals surface area contributed by atoms with Gasteiger partial charge in [0.05, 0.1) is 5.69 Å². The first kappa shape index (κ1) is 10.9. The molecule has 2 heterocycles. The van der Waals surface area contributed by atoms with Gasteiger partial charge >= 0.3 is 0 Å². The Hall–Kier alpha value is -1.65. The van der Waals surface area contributed by atoms with Crippen LogP contribution in [0.25, 0.3) is 0 Å². The quantitative estimate of drug-likeness (QED) is 0.794. The van der Waals surface area contributed by atoms with Crippen molar-refractivity contribution < 1.29 is 4.52 Å². The average molecular weight is 220 g/mol. The van der Waals surface area contributed by atoms with Gasteiger partial charge in [-0.05, 0) is 19.9 Å². The lowest BCUT2D eigenvalue weighted by atomic mass is 10.2. The molecule has 0 aliphatic heterocycles. The Bertz CT molecular complexity index is 484. The predicted octanol–water partition coefficient (Wildman–Crippen LogP) is 2.05. The molecule has 0 radical (unpaired) electrons. The van der Waals surface area contributed by atoms with E-state index in [9.17, 15) is 0 Å². The van der Waals surface area contributed by atoms with Crippen LogP contribution in [-0.2, 0) is 6.54 Å². The lowest BCUT2D eigenvalue weighted by Crippen LogP contribution is -2.05. The predicted molar refractivity (Wildman–Crippen MR) is 59.2 cm³/mol. The van der Waals surface area contributed by atoms with Crippen molar-refractivity contribution in [1.29, 1.82) is 0 Å². The van der Waals surface area contributed by atoms with Gasteiger partial charge in [-0.1, -0.05) is 19.0 Å². The molecule has 16 heavy (non-hydrogen) atoms. The van der Waals surface area contributed by atoms with Crippen LogP contribution in [0, 0.1) is 13.8 Å². The minimum Gasteiger partial charge on any atom is -0.339 e. The van der Waals surface area contributed by atoms with Crippen LogP contribution in [0.3, 0.4) is 0 Å². The lowest BCUT2D eigenvalue weighted by Gasteiger charge is -1.98. The average Bonchev–Trinajstić information content (AvgIpc) is 2.75. The van der Waals surface area contributed by atoms with Crippen LogP contribution in [-0.4, -0.2) is 19.9 Å². The molecule has 0 unspecified atom stereocenters. The molecule has 86 valence electrons. The van der Waals surface area contributed by atoms with Crippen molar-refractivity contribution in [3.05, 3.63) is 29.2 Å². The molecule has 0 aromatic carbocycles. The van der Waals surface area contributed by atoms with Gasteiger partial charge in [-0.2, -0.15) is 10.1 Å². The number of aryl methyl sites for hydroxylation is 2. The van der Waals surface area contributed by atoms with E-state index >= 15 is 0 Å². The van der Waals surface area contributed by atoms with E-state index in [1.54, 1.807) is 0 Å². The van der Waals surface area contributed by atoms with Crippen LogP contribution in [0.5, 0.6) is 0 Å². The van der Waals surface area contributed by atoms with Crippen molar-refractivity contribution in [1.82, 2.24) is 19.9 Å². The molecule has 2 aromatic rings. The van der Waals surface area contributed by atoms with E-state index in [-0.39, 0.29) is 5.92 Å². The van der Waals surface area contributed by atoms with Gasteiger partial charge in [0.25, 0.3) is 0 Å². The first-order valence-corrected chi connectivity index (χ1v) is 5.40. The lowest BCUT2D eigenvalue weighted by molar-refractivity contribution is 0.359. The number of nitrogens with zero attached hydrogens (tertiary/aromatic N) is 4. The molecule has 0 saturated heterocycles. The first-order valence-electron chi connectivity index (χ1n) is 5.40. The fourth-order valence-electron chi connectivity index (χ4n) is 1.54. The molecule has 0 aliphatic rings. The zero-order valence-corrected chi connectivity index (χ0v) is 10.1. The maximum atomic E-state index is 5.14. The standard InChI is InChI=1S/C11H16N4O/c1-7(2)11-12-10(14-16-11)6-15-9(4)5-8(3)13-15/h5,7H,6H2,1-4H3. The Balaban J connectivity index is 2.17. The molecule has 5 nitrogen and oxygen atoms in total. The van der Waals surface area contributed by atoms with E-state index in [4.69, 9.17) is 4.52 Å². The van der Waals surface area contributed by atoms with Crippen LogP contribution in [0.15, 0.2) is 10.6 Å². The topological polar surface area (TPSA) is 56.7 Å². The minimum atomic E-state index is 0.265. The summed E-state index contributed by atoms with van der Waals surface area (Å²) >= 11 is 0. The van der Waals surface area contributed by atoms with Gasteiger partial charge in [-0.15, -0.1) is 0 Å². The van der Waals surface area contributed by atoms with Crippen LogP contribution in [0.1, 0.15) is 42.9 Å². The van der Waals surface area contributed by atoms with Gasteiger partial charge in [0.1, 0.15) is 6.54 Å². The second-order valence-corrected chi connectivity index (χ2v) is 4.29. The highest BCUT2D eigenvalue weighted by Gasteiger charge is 2.11. The van der Waals surface area contributed by atoms with Crippen molar-refractivity contribution in [3.63, 3.8) is 0 Å². The largest absolute Gasteiger partial charge is 0.339 e. The Kier molecular flexibility index (Phi) is 2.77. The summed E-state index contributed by atoms with van der Waals surface area (Å²) < 4.78 is 7.02. The fraction of sp³-hybridized carbons (Fsp3) is 0.545. The summed E-state index contributed by atoms with van der Waals surface area (Å²) in [5, 5.41) is 8.29. The second-order valence-electron chi connectivity index (χ2n) is 4.29. The maximum Gasteiger partial charge on any atom is 0.229 e. The highest BCUT2D eigenvalue weighted by molar-refractivity contribution is 5.07. The molecule has 0 fully saturated rings. The van der Waals surface area contributed by atoms with Crippen LogP contribution in [0.4, 0.5) is 0 Å². The fourth-order valence-corrected chi connectivity index (χ4v) is 1.54. The summed E-state index contributed by atoms with van der Waals surface area (Å²) in [5.74, 6) is 1.62. The van der Waals surface area contributed by atoms with Crippen molar-refractivity contribution in [2.75, 3.05) is 0 Å². The first-order chi connectivity index (χ1) is 7.56.